The molecular formula is C22H19ClN2O3. The second-order valence-corrected chi connectivity index (χ2v) is 8.10. The van der Waals surface area contributed by atoms with Crippen molar-refractivity contribution in [1.82, 2.24) is 4.90 Å². The third kappa shape index (κ3) is 2.46. The van der Waals surface area contributed by atoms with Gasteiger partial charge in [-0.3, -0.25) is 19.3 Å². The Morgan fingerprint density at radius 3 is 2.32 bits per heavy atom. The summed E-state index contributed by atoms with van der Waals surface area (Å²) in [6.07, 6.45) is 1.78. The third-order valence-corrected chi connectivity index (χ3v) is 6.52. The lowest BCUT2D eigenvalue weighted by Gasteiger charge is -2.27. The van der Waals surface area contributed by atoms with Gasteiger partial charge in [0.2, 0.25) is 11.8 Å². The smallest absolute Gasteiger partial charge is 0.239 e. The van der Waals surface area contributed by atoms with Crippen LogP contribution in [-0.4, -0.2) is 41.1 Å². The quantitative estimate of drug-likeness (QED) is 0.592. The molecule has 142 valence electrons. The van der Waals surface area contributed by atoms with Crippen LogP contribution in [0.2, 0.25) is 5.02 Å². The summed E-state index contributed by atoms with van der Waals surface area (Å²) in [5.41, 5.74) is 1.10. The van der Waals surface area contributed by atoms with Crippen molar-refractivity contribution in [3.63, 3.8) is 0 Å². The summed E-state index contributed by atoms with van der Waals surface area (Å²) in [6, 6.07) is 15.1. The van der Waals surface area contributed by atoms with Crippen molar-refractivity contribution in [3.05, 3.63) is 65.2 Å². The summed E-state index contributed by atoms with van der Waals surface area (Å²) in [5.74, 6) is -1.61. The standard InChI is InChI=1S/C22H19ClN2O3/c23-14-10-8-13(9-11-14)20(26)19-18-17(16-7-4-12-24(16)19)21(27)25(22(18)28)15-5-2-1-3-6-15/h1-3,5-6,8-11,16-19H,4,7,12H2/t16-,17-,18-,19+/m1/s1. The van der Waals surface area contributed by atoms with Crippen LogP contribution in [-0.2, 0) is 9.59 Å². The van der Waals surface area contributed by atoms with Crippen LogP contribution in [0.5, 0.6) is 0 Å². The van der Waals surface area contributed by atoms with Gasteiger partial charge in [-0.15, -0.1) is 0 Å². The van der Waals surface area contributed by atoms with Gasteiger partial charge in [-0.05, 0) is 55.8 Å². The summed E-state index contributed by atoms with van der Waals surface area (Å²) in [6.45, 7) is 0.744. The number of Topliss-reactive ketones (excluding diaryl/α,β-unsaturated/α-hetero) is 1. The molecule has 3 heterocycles. The maximum Gasteiger partial charge on any atom is 0.239 e. The average Bonchev–Trinajstić information content (AvgIpc) is 3.35. The molecule has 3 fully saturated rings. The van der Waals surface area contributed by atoms with Crippen LogP contribution in [0.25, 0.3) is 0 Å². The van der Waals surface area contributed by atoms with Crippen molar-refractivity contribution < 1.29 is 14.4 Å². The number of benzene rings is 2. The first-order chi connectivity index (χ1) is 13.6. The maximum absolute atomic E-state index is 13.4. The summed E-state index contributed by atoms with van der Waals surface area (Å²) in [5, 5.41) is 0.558. The number of nitrogens with zero attached hydrogens (tertiary/aromatic N) is 2. The monoisotopic (exact) mass is 394 g/mol. The van der Waals surface area contributed by atoms with E-state index in [0.29, 0.717) is 16.3 Å². The van der Waals surface area contributed by atoms with Crippen molar-refractivity contribution in [2.45, 2.75) is 24.9 Å². The Morgan fingerprint density at radius 1 is 0.929 bits per heavy atom. The van der Waals surface area contributed by atoms with Crippen LogP contribution in [0.15, 0.2) is 54.6 Å². The van der Waals surface area contributed by atoms with Crippen molar-refractivity contribution in [3.8, 4) is 0 Å². The molecule has 0 bridgehead atoms. The fraction of sp³-hybridized carbons (Fsp3) is 0.318. The lowest BCUT2D eigenvalue weighted by atomic mass is 9.85. The number of carbonyl (C=O) groups excluding carboxylic acids is 3. The van der Waals surface area contributed by atoms with Gasteiger partial charge in [-0.2, -0.15) is 0 Å². The van der Waals surface area contributed by atoms with E-state index >= 15 is 0 Å². The van der Waals surface area contributed by atoms with E-state index in [1.54, 1.807) is 36.4 Å². The molecule has 0 aromatic heterocycles. The first-order valence-corrected chi connectivity index (χ1v) is 9.94. The molecule has 4 atom stereocenters. The summed E-state index contributed by atoms with van der Waals surface area (Å²) in [7, 11) is 0. The van der Waals surface area contributed by atoms with Gasteiger partial charge >= 0.3 is 0 Å². The highest BCUT2D eigenvalue weighted by molar-refractivity contribution is 6.30. The second kappa shape index (κ2) is 6.54. The Labute approximate surface area is 167 Å². The topological polar surface area (TPSA) is 57.7 Å². The minimum Gasteiger partial charge on any atom is -0.292 e. The molecule has 3 aliphatic rings. The van der Waals surface area contributed by atoms with Crippen molar-refractivity contribution in [1.29, 1.82) is 0 Å². The van der Waals surface area contributed by atoms with Crippen LogP contribution in [0, 0.1) is 11.8 Å². The van der Waals surface area contributed by atoms with Crippen molar-refractivity contribution >= 4 is 34.9 Å². The minimum absolute atomic E-state index is 0.0450. The van der Waals surface area contributed by atoms with Crippen LogP contribution < -0.4 is 4.90 Å². The van der Waals surface area contributed by atoms with Gasteiger partial charge in [-0.1, -0.05) is 29.8 Å². The molecule has 5 rings (SSSR count). The van der Waals surface area contributed by atoms with E-state index in [0.717, 1.165) is 19.4 Å². The fourth-order valence-electron chi connectivity index (χ4n) is 5.13. The number of rotatable bonds is 3. The number of hydrogen-bond acceptors (Lipinski definition) is 4. The number of imide groups is 1. The molecule has 0 radical (unpaired) electrons. The van der Waals surface area contributed by atoms with E-state index in [9.17, 15) is 14.4 Å². The molecule has 0 spiro atoms. The number of para-hydroxylation sites is 1. The Bertz CT molecular complexity index is 960. The molecule has 2 amide bonds. The molecule has 2 aromatic carbocycles. The minimum atomic E-state index is -0.624. The Kier molecular flexibility index (Phi) is 4.11. The molecule has 6 heteroatoms. The summed E-state index contributed by atoms with van der Waals surface area (Å²) < 4.78 is 0. The highest BCUT2D eigenvalue weighted by atomic mass is 35.5. The van der Waals surface area contributed by atoms with Crippen molar-refractivity contribution in [2.75, 3.05) is 11.4 Å². The van der Waals surface area contributed by atoms with Crippen LogP contribution in [0.4, 0.5) is 5.69 Å². The zero-order chi connectivity index (χ0) is 19.4. The van der Waals surface area contributed by atoms with E-state index in [4.69, 9.17) is 11.6 Å². The van der Waals surface area contributed by atoms with Gasteiger partial charge in [0.15, 0.2) is 5.78 Å². The predicted molar refractivity (Wildman–Crippen MR) is 105 cm³/mol. The highest BCUT2D eigenvalue weighted by Crippen LogP contribution is 2.48. The van der Waals surface area contributed by atoms with Gasteiger partial charge in [-0.25, -0.2) is 4.90 Å². The molecule has 5 nitrogen and oxygen atoms in total. The normalized spacial score (nSPS) is 29.2. The Balaban J connectivity index is 1.55. The van der Waals surface area contributed by atoms with Gasteiger partial charge < -0.3 is 0 Å². The summed E-state index contributed by atoms with van der Waals surface area (Å²) >= 11 is 5.96. The molecule has 0 unspecified atom stereocenters. The fourth-order valence-corrected chi connectivity index (χ4v) is 5.26. The number of ketones is 1. The third-order valence-electron chi connectivity index (χ3n) is 6.26. The number of anilines is 1. The van der Waals surface area contributed by atoms with E-state index in [2.05, 4.69) is 4.90 Å². The van der Waals surface area contributed by atoms with Crippen LogP contribution in [0.1, 0.15) is 23.2 Å². The number of fused-ring (bicyclic) bond motifs is 3. The van der Waals surface area contributed by atoms with E-state index in [1.807, 2.05) is 18.2 Å². The molecular weight excluding hydrogens is 376 g/mol. The highest BCUT2D eigenvalue weighted by Gasteiger charge is 2.64. The Morgan fingerprint density at radius 2 is 1.61 bits per heavy atom. The SMILES string of the molecule is O=C(c1ccc(Cl)cc1)[C@@H]1[C@@H]2C(=O)N(c3ccccc3)C(=O)[C@@H]2[C@H]2CCCN21. The lowest BCUT2D eigenvalue weighted by molar-refractivity contribution is -0.123. The first-order valence-electron chi connectivity index (χ1n) is 9.56. The molecule has 3 aliphatic heterocycles. The number of amides is 2. The van der Waals surface area contributed by atoms with Gasteiger partial charge in [0, 0.05) is 16.6 Å². The zero-order valence-electron chi connectivity index (χ0n) is 15.1. The van der Waals surface area contributed by atoms with E-state index in [-0.39, 0.29) is 23.6 Å². The number of halogens is 1. The van der Waals surface area contributed by atoms with Gasteiger partial charge in [0.1, 0.15) is 0 Å². The van der Waals surface area contributed by atoms with E-state index < -0.39 is 17.9 Å². The molecule has 3 saturated heterocycles. The second-order valence-electron chi connectivity index (χ2n) is 7.66. The predicted octanol–water partition coefficient (Wildman–Crippen LogP) is 3.18. The molecule has 2 aromatic rings. The lowest BCUT2D eigenvalue weighted by Crippen LogP contribution is -2.46. The summed E-state index contributed by atoms with van der Waals surface area (Å²) in [4.78, 5) is 43.3. The average molecular weight is 395 g/mol. The molecule has 0 N–H and O–H groups in total. The molecule has 0 saturated carbocycles. The number of carbonyl (C=O) groups is 3. The van der Waals surface area contributed by atoms with Crippen molar-refractivity contribution in [2.24, 2.45) is 11.8 Å². The van der Waals surface area contributed by atoms with Crippen LogP contribution >= 0.6 is 11.6 Å². The molecule has 28 heavy (non-hydrogen) atoms. The Hall–Kier alpha value is -2.50. The largest absolute Gasteiger partial charge is 0.292 e. The van der Waals surface area contributed by atoms with Gasteiger partial charge in [0.05, 0.1) is 23.6 Å². The zero-order valence-corrected chi connectivity index (χ0v) is 15.9. The van der Waals surface area contributed by atoms with Gasteiger partial charge in [0.25, 0.3) is 0 Å². The van der Waals surface area contributed by atoms with E-state index in [1.165, 1.54) is 4.90 Å². The first kappa shape index (κ1) is 17.6. The van der Waals surface area contributed by atoms with Crippen LogP contribution in [0.3, 0.4) is 0 Å². The maximum atomic E-state index is 13.4. The number of hydrogen-bond donors (Lipinski definition) is 0. The molecule has 0 aliphatic carbocycles.